The van der Waals surface area contributed by atoms with E-state index in [0.717, 1.165) is 11.1 Å². The van der Waals surface area contributed by atoms with Gasteiger partial charge in [0.1, 0.15) is 5.71 Å². The molecule has 0 aromatic carbocycles. The van der Waals surface area contributed by atoms with E-state index in [2.05, 4.69) is 4.99 Å². The molecule has 0 bridgehead atoms. The summed E-state index contributed by atoms with van der Waals surface area (Å²) in [6.45, 7) is 0. The second-order valence-electron chi connectivity index (χ2n) is 3.08. The lowest BCUT2D eigenvalue weighted by Crippen LogP contribution is -2.16. The Morgan fingerprint density at radius 2 is 2.21 bits per heavy atom. The van der Waals surface area contributed by atoms with Gasteiger partial charge in [0.25, 0.3) is 0 Å². The zero-order chi connectivity index (χ0) is 9.97. The van der Waals surface area contributed by atoms with Crippen LogP contribution in [-0.2, 0) is 4.79 Å². The van der Waals surface area contributed by atoms with Crippen LogP contribution in [0.15, 0.2) is 52.7 Å². The van der Waals surface area contributed by atoms with E-state index >= 15 is 0 Å². The zero-order valence-electron chi connectivity index (χ0n) is 7.47. The predicted molar refractivity (Wildman–Crippen MR) is 54.1 cm³/mol. The van der Waals surface area contributed by atoms with Crippen LogP contribution in [0.4, 0.5) is 0 Å². The van der Waals surface area contributed by atoms with Crippen molar-refractivity contribution in [3.63, 3.8) is 0 Å². The number of hydrogen-bond acceptors (Lipinski definition) is 2. The number of aliphatic carboxylic acids is 1. The molecule has 1 heterocycles. The SMILES string of the molecule is O=C(O)C1=NC=C2C=CC=CC=C2C1. The van der Waals surface area contributed by atoms with Gasteiger partial charge in [-0.2, -0.15) is 0 Å². The molecule has 0 fully saturated rings. The molecule has 0 saturated heterocycles. The topological polar surface area (TPSA) is 49.7 Å². The van der Waals surface area contributed by atoms with E-state index in [0.29, 0.717) is 6.42 Å². The Kier molecular flexibility index (Phi) is 2.14. The molecule has 0 amide bonds. The van der Waals surface area contributed by atoms with Gasteiger partial charge in [0.05, 0.1) is 0 Å². The summed E-state index contributed by atoms with van der Waals surface area (Å²) in [5.74, 6) is -0.946. The van der Waals surface area contributed by atoms with Crippen molar-refractivity contribution in [3.05, 3.63) is 47.7 Å². The molecule has 1 N–H and O–H groups in total. The lowest BCUT2D eigenvalue weighted by atomic mass is 9.98. The molecule has 0 atom stereocenters. The number of carboxylic acid groups (broad SMARTS) is 1. The lowest BCUT2D eigenvalue weighted by Gasteiger charge is -2.11. The molecule has 2 aliphatic rings. The van der Waals surface area contributed by atoms with Gasteiger partial charge in [-0.05, 0) is 11.1 Å². The fraction of sp³-hybridized carbons (Fsp3) is 0.0909. The van der Waals surface area contributed by atoms with Crippen LogP contribution >= 0.6 is 0 Å². The number of allylic oxidation sites excluding steroid dienone is 7. The van der Waals surface area contributed by atoms with Crippen LogP contribution in [0, 0.1) is 0 Å². The Morgan fingerprint density at radius 1 is 1.36 bits per heavy atom. The van der Waals surface area contributed by atoms with Crippen LogP contribution in [0.5, 0.6) is 0 Å². The van der Waals surface area contributed by atoms with Crippen molar-refractivity contribution in [1.82, 2.24) is 0 Å². The molecule has 70 valence electrons. The summed E-state index contributed by atoms with van der Waals surface area (Å²) >= 11 is 0. The van der Waals surface area contributed by atoms with Crippen molar-refractivity contribution in [3.8, 4) is 0 Å². The normalized spacial score (nSPS) is 19.0. The summed E-state index contributed by atoms with van der Waals surface area (Å²) in [5.41, 5.74) is 2.19. The molecule has 14 heavy (non-hydrogen) atoms. The average Bonchev–Trinajstić information content (AvgIpc) is 2.41. The molecular weight excluding hydrogens is 178 g/mol. The van der Waals surface area contributed by atoms with E-state index < -0.39 is 5.97 Å². The summed E-state index contributed by atoms with van der Waals surface area (Å²) in [4.78, 5) is 14.6. The van der Waals surface area contributed by atoms with Crippen molar-refractivity contribution in [2.45, 2.75) is 6.42 Å². The first-order valence-electron chi connectivity index (χ1n) is 4.32. The summed E-state index contributed by atoms with van der Waals surface area (Å²) in [7, 11) is 0. The maximum Gasteiger partial charge on any atom is 0.350 e. The minimum absolute atomic E-state index is 0.198. The highest BCUT2D eigenvalue weighted by atomic mass is 16.4. The smallest absolute Gasteiger partial charge is 0.350 e. The average molecular weight is 187 g/mol. The molecule has 0 radical (unpaired) electrons. The zero-order valence-corrected chi connectivity index (χ0v) is 7.47. The molecule has 0 unspecified atom stereocenters. The van der Waals surface area contributed by atoms with Crippen molar-refractivity contribution in [2.24, 2.45) is 4.99 Å². The fourth-order valence-electron chi connectivity index (χ4n) is 1.39. The van der Waals surface area contributed by atoms with E-state index in [-0.39, 0.29) is 5.71 Å². The Balaban J connectivity index is 2.38. The van der Waals surface area contributed by atoms with Crippen molar-refractivity contribution < 1.29 is 9.90 Å². The van der Waals surface area contributed by atoms with Crippen LogP contribution in [0.2, 0.25) is 0 Å². The molecule has 0 aromatic heterocycles. The molecule has 3 nitrogen and oxygen atoms in total. The Bertz CT molecular complexity index is 423. The first-order chi connectivity index (χ1) is 6.77. The summed E-state index contributed by atoms with van der Waals surface area (Å²) in [5, 5.41) is 8.78. The maximum absolute atomic E-state index is 10.7. The number of carboxylic acids is 1. The minimum atomic E-state index is -0.946. The molecule has 1 aliphatic carbocycles. The van der Waals surface area contributed by atoms with Gasteiger partial charge in [0.15, 0.2) is 0 Å². The highest BCUT2D eigenvalue weighted by Crippen LogP contribution is 2.22. The third-order valence-corrected chi connectivity index (χ3v) is 2.13. The Morgan fingerprint density at radius 3 is 3.00 bits per heavy atom. The third kappa shape index (κ3) is 1.57. The number of rotatable bonds is 1. The Hall–Kier alpha value is -1.90. The first-order valence-corrected chi connectivity index (χ1v) is 4.32. The highest BCUT2D eigenvalue weighted by molar-refractivity contribution is 6.36. The second kappa shape index (κ2) is 3.46. The predicted octanol–water partition coefficient (Wildman–Crippen LogP) is 1.85. The van der Waals surface area contributed by atoms with E-state index in [4.69, 9.17) is 5.11 Å². The molecule has 0 saturated carbocycles. The van der Waals surface area contributed by atoms with Crippen LogP contribution < -0.4 is 0 Å². The van der Waals surface area contributed by atoms with Crippen molar-refractivity contribution >= 4 is 11.7 Å². The number of carbonyl (C=O) groups is 1. The van der Waals surface area contributed by atoms with E-state index in [1.165, 1.54) is 0 Å². The van der Waals surface area contributed by atoms with E-state index in [1.807, 2.05) is 30.4 Å². The van der Waals surface area contributed by atoms with Gasteiger partial charge in [0, 0.05) is 12.6 Å². The standard InChI is InChI=1S/C11H9NO2/c13-11(14)10-6-8-4-2-1-3-5-9(8)7-12-10/h1-5,7H,6H2,(H,13,14). The van der Waals surface area contributed by atoms with Gasteiger partial charge < -0.3 is 5.11 Å². The Labute approximate surface area is 81.5 Å². The maximum atomic E-state index is 10.7. The molecule has 1 aliphatic heterocycles. The lowest BCUT2D eigenvalue weighted by molar-refractivity contribution is -0.129. The van der Waals surface area contributed by atoms with Crippen LogP contribution in [0.25, 0.3) is 0 Å². The first kappa shape index (κ1) is 8.69. The molecular formula is C11H9NO2. The number of nitrogens with zero attached hydrogens (tertiary/aromatic N) is 1. The summed E-state index contributed by atoms with van der Waals surface area (Å²) in [6.07, 6.45) is 11.6. The van der Waals surface area contributed by atoms with E-state index in [1.54, 1.807) is 6.20 Å². The van der Waals surface area contributed by atoms with Gasteiger partial charge in [-0.15, -0.1) is 0 Å². The fourth-order valence-corrected chi connectivity index (χ4v) is 1.39. The largest absolute Gasteiger partial charge is 0.477 e. The van der Waals surface area contributed by atoms with Gasteiger partial charge >= 0.3 is 5.97 Å². The minimum Gasteiger partial charge on any atom is -0.477 e. The number of hydrogen-bond donors (Lipinski definition) is 1. The van der Waals surface area contributed by atoms with Crippen molar-refractivity contribution in [1.29, 1.82) is 0 Å². The monoisotopic (exact) mass is 187 g/mol. The number of fused-ring (bicyclic) bond motifs is 1. The quantitative estimate of drug-likeness (QED) is 0.681. The third-order valence-electron chi connectivity index (χ3n) is 2.13. The van der Waals surface area contributed by atoms with E-state index in [9.17, 15) is 4.79 Å². The number of aliphatic imine (C=N–C) groups is 1. The van der Waals surface area contributed by atoms with Crippen LogP contribution in [0.3, 0.4) is 0 Å². The summed E-state index contributed by atoms with van der Waals surface area (Å²) in [6, 6.07) is 0. The molecule has 2 rings (SSSR count). The van der Waals surface area contributed by atoms with Gasteiger partial charge in [-0.3, -0.25) is 4.99 Å². The van der Waals surface area contributed by atoms with Crippen LogP contribution in [0.1, 0.15) is 6.42 Å². The van der Waals surface area contributed by atoms with Gasteiger partial charge in [-0.25, -0.2) is 4.79 Å². The molecule has 3 heteroatoms. The van der Waals surface area contributed by atoms with Crippen LogP contribution in [-0.4, -0.2) is 16.8 Å². The molecule has 0 spiro atoms. The molecule has 0 aromatic rings. The second-order valence-corrected chi connectivity index (χ2v) is 3.08. The van der Waals surface area contributed by atoms with Gasteiger partial charge in [-0.1, -0.05) is 30.4 Å². The highest BCUT2D eigenvalue weighted by Gasteiger charge is 2.17. The summed E-state index contributed by atoms with van der Waals surface area (Å²) < 4.78 is 0. The van der Waals surface area contributed by atoms with Gasteiger partial charge in [0.2, 0.25) is 0 Å². The van der Waals surface area contributed by atoms with Crippen molar-refractivity contribution in [2.75, 3.05) is 0 Å².